The van der Waals surface area contributed by atoms with E-state index < -0.39 is 0 Å². The minimum Gasteiger partial charge on any atom is -0.378 e. The quantitative estimate of drug-likeness (QED) is 0.181. The number of ether oxygens (including phenoxy) is 2. The van der Waals surface area contributed by atoms with Crippen molar-refractivity contribution in [1.82, 2.24) is 0 Å². The Morgan fingerprint density at radius 3 is 1.41 bits per heavy atom. The molecule has 0 N–H and O–H groups in total. The van der Waals surface area contributed by atoms with E-state index in [0.717, 1.165) is 13.2 Å². The lowest BCUT2D eigenvalue weighted by Crippen LogP contribution is -2.04. The summed E-state index contributed by atoms with van der Waals surface area (Å²) in [4.78, 5) is 0. The van der Waals surface area contributed by atoms with Crippen LogP contribution in [-0.2, 0) is 9.47 Å². The van der Waals surface area contributed by atoms with E-state index in [1.54, 1.807) is 0 Å². The van der Waals surface area contributed by atoms with Gasteiger partial charge in [0.05, 0.1) is 12.2 Å². The van der Waals surface area contributed by atoms with Crippen LogP contribution in [0.1, 0.15) is 124 Å². The Labute approximate surface area is 231 Å². The molecule has 0 spiro atoms. The number of thioether (sulfide) groups is 1. The van der Waals surface area contributed by atoms with Crippen LogP contribution in [0.25, 0.3) is 0 Å². The summed E-state index contributed by atoms with van der Waals surface area (Å²) in [6.07, 6.45) is 22.0. The summed E-state index contributed by atoms with van der Waals surface area (Å²) in [7, 11) is 0. The van der Waals surface area contributed by atoms with E-state index in [0.29, 0.717) is 22.7 Å². The largest absolute Gasteiger partial charge is 0.378 e. The highest BCUT2D eigenvalue weighted by atomic mass is 32.2. The van der Waals surface area contributed by atoms with Crippen LogP contribution in [0.15, 0.2) is 60.7 Å². The molecule has 2 fully saturated rings. The molecule has 0 aromatic heterocycles. The first-order valence-electron chi connectivity index (χ1n) is 15.4. The van der Waals surface area contributed by atoms with Crippen molar-refractivity contribution in [1.29, 1.82) is 0 Å². The fourth-order valence-electron chi connectivity index (χ4n) is 6.01. The third-order valence-electron chi connectivity index (χ3n) is 8.20. The van der Waals surface area contributed by atoms with Gasteiger partial charge in [0.25, 0.3) is 0 Å². The molecule has 3 heteroatoms. The van der Waals surface area contributed by atoms with Gasteiger partial charge in [-0.3, -0.25) is 0 Å². The van der Waals surface area contributed by atoms with Crippen molar-refractivity contribution in [2.24, 2.45) is 0 Å². The molecule has 2 nitrogen and oxygen atoms in total. The average Bonchev–Trinajstić information content (AvgIpc) is 3.66. The Bertz CT molecular complexity index is 745. The molecule has 2 aromatic rings. The highest BCUT2D eigenvalue weighted by Gasteiger charge is 2.21. The molecule has 4 unspecified atom stereocenters. The number of hydrogen-bond acceptors (Lipinski definition) is 3. The van der Waals surface area contributed by atoms with E-state index >= 15 is 0 Å². The Hall–Kier alpha value is -1.29. The van der Waals surface area contributed by atoms with Crippen LogP contribution < -0.4 is 0 Å². The van der Waals surface area contributed by atoms with Crippen LogP contribution in [-0.4, -0.2) is 25.4 Å². The monoisotopic (exact) mass is 522 g/mol. The second-order valence-corrected chi connectivity index (χ2v) is 12.6. The summed E-state index contributed by atoms with van der Waals surface area (Å²) in [6.45, 7) is 1.97. The van der Waals surface area contributed by atoms with Gasteiger partial charge in [-0.2, -0.15) is 0 Å². The van der Waals surface area contributed by atoms with Gasteiger partial charge in [0.2, 0.25) is 0 Å². The smallest absolute Gasteiger partial charge is 0.0576 e. The second kappa shape index (κ2) is 17.3. The first kappa shape index (κ1) is 28.7. The van der Waals surface area contributed by atoms with Gasteiger partial charge in [-0.05, 0) is 62.5 Å². The van der Waals surface area contributed by atoms with Crippen molar-refractivity contribution in [3.63, 3.8) is 0 Å². The van der Waals surface area contributed by atoms with E-state index in [1.807, 2.05) is 0 Å². The molecule has 0 bridgehead atoms. The summed E-state index contributed by atoms with van der Waals surface area (Å²) in [5.41, 5.74) is 3.01. The molecule has 2 aliphatic heterocycles. The van der Waals surface area contributed by atoms with E-state index in [2.05, 4.69) is 72.4 Å². The van der Waals surface area contributed by atoms with Gasteiger partial charge < -0.3 is 9.47 Å². The van der Waals surface area contributed by atoms with Crippen molar-refractivity contribution >= 4 is 11.8 Å². The van der Waals surface area contributed by atoms with Gasteiger partial charge in [-0.1, -0.05) is 112 Å². The highest BCUT2D eigenvalue weighted by molar-refractivity contribution is 7.99. The molecule has 0 saturated carbocycles. The zero-order chi connectivity index (χ0) is 25.4. The standard InChI is InChI=1S/C34H50O2S/c1(11-21-31-23-15-27-35-31)3-13-25-33(29-17-7-5-8-18-29)37-34(30-19-9-6-10-20-30)26-14-4-2-12-22-32-24-16-28-36-32/h5-10,17-20,31-34H,1-4,11-16,21-28H2. The van der Waals surface area contributed by atoms with Crippen LogP contribution in [0.4, 0.5) is 0 Å². The maximum absolute atomic E-state index is 5.81. The van der Waals surface area contributed by atoms with Gasteiger partial charge in [0.15, 0.2) is 0 Å². The number of unbranched alkanes of at least 4 members (excludes halogenated alkanes) is 6. The normalized spacial score (nSPS) is 21.3. The Balaban J connectivity index is 1.25. The molecule has 0 radical (unpaired) electrons. The molecule has 2 heterocycles. The summed E-state index contributed by atoms with van der Waals surface area (Å²) in [5, 5.41) is 1.15. The zero-order valence-corrected chi connectivity index (χ0v) is 23.9. The van der Waals surface area contributed by atoms with Crippen LogP contribution in [0.5, 0.6) is 0 Å². The summed E-state index contributed by atoms with van der Waals surface area (Å²) in [5.74, 6) is 0. The Morgan fingerprint density at radius 1 is 0.568 bits per heavy atom. The predicted molar refractivity (Wildman–Crippen MR) is 159 cm³/mol. The van der Waals surface area contributed by atoms with Crippen molar-refractivity contribution in [2.45, 2.75) is 125 Å². The number of benzene rings is 2. The molecule has 2 saturated heterocycles. The minimum absolute atomic E-state index is 0.551. The molecule has 4 atom stereocenters. The lowest BCUT2D eigenvalue weighted by molar-refractivity contribution is 0.102. The fraction of sp³-hybridized carbons (Fsp3) is 0.647. The molecule has 204 valence electrons. The third-order valence-corrected chi connectivity index (χ3v) is 9.88. The van der Waals surface area contributed by atoms with Crippen LogP contribution in [0.2, 0.25) is 0 Å². The van der Waals surface area contributed by atoms with Gasteiger partial charge in [-0.25, -0.2) is 0 Å². The maximum atomic E-state index is 5.81. The molecule has 2 aromatic carbocycles. The van der Waals surface area contributed by atoms with Gasteiger partial charge >= 0.3 is 0 Å². The Morgan fingerprint density at radius 2 is 1.00 bits per heavy atom. The van der Waals surface area contributed by atoms with Crippen LogP contribution in [0, 0.1) is 0 Å². The number of hydrogen-bond donors (Lipinski definition) is 0. The van der Waals surface area contributed by atoms with Gasteiger partial charge in [0, 0.05) is 23.7 Å². The van der Waals surface area contributed by atoms with Crippen LogP contribution in [0.3, 0.4) is 0 Å². The zero-order valence-electron chi connectivity index (χ0n) is 23.0. The fourth-order valence-corrected chi connectivity index (χ4v) is 7.65. The lowest BCUT2D eigenvalue weighted by Gasteiger charge is -2.25. The molecular weight excluding hydrogens is 472 g/mol. The first-order valence-corrected chi connectivity index (χ1v) is 16.3. The number of rotatable bonds is 18. The maximum Gasteiger partial charge on any atom is 0.0576 e. The summed E-state index contributed by atoms with van der Waals surface area (Å²) < 4.78 is 11.6. The molecular formula is C34H50O2S. The average molecular weight is 523 g/mol. The molecule has 0 aliphatic carbocycles. The van der Waals surface area contributed by atoms with Crippen molar-refractivity contribution in [3.8, 4) is 0 Å². The molecule has 0 amide bonds. The molecule has 2 aliphatic rings. The van der Waals surface area contributed by atoms with Crippen molar-refractivity contribution < 1.29 is 9.47 Å². The highest BCUT2D eigenvalue weighted by Crippen LogP contribution is 2.45. The van der Waals surface area contributed by atoms with Crippen molar-refractivity contribution in [2.75, 3.05) is 13.2 Å². The van der Waals surface area contributed by atoms with E-state index in [-0.39, 0.29) is 0 Å². The second-order valence-electron chi connectivity index (χ2n) is 11.2. The van der Waals surface area contributed by atoms with Crippen molar-refractivity contribution in [3.05, 3.63) is 71.8 Å². The first-order chi connectivity index (χ1) is 18.4. The topological polar surface area (TPSA) is 18.5 Å². The minimum atomic E-state index is 0.551. The lowest BCUT2D eigenvalue weighted by atomic mass is 10.0. The summed E-state index contributed by atoms with van der Waals surface area (Å²) >= 11 is 2.22. The SMILES string of the molecule is c1ccc(C(CCCCCCC2CCCO2)SC(CCCCCCC2CCCO2)c2ccccc2)cc1. The summed E-state index contributed by atoms with van der Waals surface area (Å²) in [6, 6.07) is 22.6. The van der Waals surface area contributed by atoms with Gasteiger partial charge in [0.1, 0.15) is 0 Å². The third kappa shape index (κ3) is 10.8. The van der Waals surface area contributed by atoms with Gasteiger partial charge in [-0.15, -0.1) is 11.8 Å². The molecule has 37 heavy (non-hydrogen) atoms. The van der Waals surface area contributed by atoms with Crippen LogP contribution >= 0.6 is 11.8 Å². The molecule has 4 rings (SSSR count). The van der Waals surface area contributed by atoms with E-state index in [4.69, 9.17) is 9.47 Å². The Kier molecular flexibility index (Phi) is 13.4. The predicted octanol–water partition coefficient (Wildman–Crippen LogP) is 10.2. The van der Waals surface area contributed by atoms with E-state index in [9.17, 15) is 0 Å². The van der Waals surface area contributed by atoms with E-state index in [1.165, 1.54) is 114 Å².